The van der Waals surface area contributed by atoms with Crippen LogP contribution in [0.2, 0.25) is 0 Å². The van der Waals surface area contributed by atoms with Gasteiger partial charge < -0.3 is 5.73 Å². The van der Waals surface area contributed by atoms with Crippen LogP contribution in [0.3, 0.4) is 0 Å². The molecule has 0 amide bonds. The van der Waals surface area contributed by atoms with E-state index < -0.39 is 0 Å². The van der Waals surface area contributed by atoms with Crippen LogP contribution < -0.4 is 5.73 Å². The van der Waals surface area contributed by atoms with Crippen molar-refractivity contribution >= 4 is 15.9 Å². The molecule has 82 valence electrons. The van der Waals surface area contributed by atoms with E-state index in [1.807, 2.05) is 0 Å². The first-order valence-electron chi connectivity index (χ1n) is 5.67. The van der Waals surface area contributed by atoms with Gasteiger partial charge in [0.15, 0.2) is 0 Å². The molecular formula is C13H18BrN. The predicted molar refractivity (Wildman–Crippen MR) is 67.9 cm³/mol. The van der Waals surface area contributed by atoms with Crippen molar-refractivity contribution < 1.29 is 0 Å². The average Bonchev–Trinajstić information content (AvgIpc) is 2.95. The minimum atomic E-state index is 0.160. The van der Waals surface area contributed by atoms with Gasteiger partial charge >= 0.3 is 0 Å². The molecule has 1 aromatic carbocycles. The second-order valence-electron chi connectivity index (χ2n) is 4.72. The number of benzene rings is 1. The molecule has 2 heteroatoms. The van der Waals surface area contributed by atoms with Crippen LogP contribution in [0, 0.1) is 0 Å². The van der Waals surface area contributed by atoms with Gasteiger partial charge in [-0.1, -0.05) is 35.0 Å². The van der Waals surface area contributed by atoms with Crippen LogP contribution in [0.25, 0.3) is 0 Å². The molecule has 0 spiro atoms. The van der Waals surface area contributed by atoms with E-state index in [2.05, 4.69) is 47.1 Å². The Kier molecular flexibility index (Phi) is 3.17. The Morgan fingerprint density at radius 1 is 1.33 bits per heavy atom. The Balaban J connectivity index is 2.08. The van der Waals surface area contributed by atoms with Gasteiger partial charge in [0.05, 0.1) is 0 Å². The summed E-state index contributed by atoms with van der Waals surface area (Å²) in [6.45, 7) is 2.25. The molecule has 0 heterocycles. The second kappa shape index (κ2) is 4.26. The first-order valence-corrected chi connectivity index (χ1v) is 6.46. The lowest BCUT2D eigenvalue weighted by molar-refractivity contribution is 0.505. The molecule has 0 aromatic heterocycles. The smallest absolute Gasteiger partial charge is 0.0175 e. The number of hydrogen-bond donors (Lipinski definition) is 1. The van der Waals surface area contributed by atoms with E-state index in [1.54, 1.807) is 0 Å². The fourth-order valence-electron chi connectivity index (χ4n) is 2.09. The number of halogens is 1. The maximum Gasteiger partial charge on any atom is 0.0175 e. The van der Waals surface area contributed by atoms with Crippen molar-refractivity contribution in [1.82, 2.24) is 0 Å². The summed E-state index contributed by atoms with van der Waals surface area (Å²) in [5, 5.41) is 0. The maximum absolute atomic E-state index is 6.18. The lowest BCUT2D eigenvalue weighted by atomic mass is 9.89. The van der Waals surface area contributed by atoms with Crippen molar-refractivity contribution in [1.29, 1.82) is 0 Å². The van der Waals surface area contributed by atoms with Gasteiger partial charge in [-0.25, -0.2) is 0 Å². The van der Waals surface area contributed by atoms with Gasteiger partial charge in [0.2, 0.25) is 0 Å². The van der Waals surface area contributed by atoms with E-state index in [-0.39, 0.29) is 5.54 Å². The zero-order chi connectivity index (χ0) is 10.9. The monoisotopic (exact) mass is 267 g/mol. The zero-order valence-corrected chi connectivity index (χ0v) is 10.8. The Labute approximate surface area is 100 Å². The summed E-state index contributed by atoms with van der Waals surface area (Å²) in [5.74, 6) is 0.630. The van der Waals surface area contributed by atoms with Crippen LogP contribution in [-0.4, -0.2) is 5.54 Å². The van der Waals surface area contributed by atoms with Gasteiger partial charge in [-0.05, 0) is 49.3 Å². The van der Waals surface area contributed by atoms with Gasteiger partial charge in [0.25, 0.3) is 0 Å². The molecular weight excluding hydrogens is 250 g/mol. The van der Waals surface area contributed by atoms with E-state index >= 15 is 0 Å². The molecule has 1 nitrogen and oxygen atoms in total. The van der Waals surface area contributed by atoms with Crippen LogP contribution in [-0.2, 0) is 0 Å². The Morgan fingerprint density at radius 2 is 1.93 bits per heavy atom. The molecule has 2 N–H and O–H groups in total. The summed E-state index contributed by atoms with van der Waals surface area (Å²) < 4.78 is 1.15. The van der Waals surface area contributed by atoms with Crippen molar-refractivity contribution in [3.63, 3.8) is 0 Å². The number of hydrogen-bond acceptors (Lipinski definition) is 1. The van der Waals surface area contributed by atoms with Crippen molar-refractivity contribution in [3.8, 4) is 0 Å². The van der Waals surface area contributed by atoms with Gasteiger partial charge in [0, 0.05) is 10.0 Å². The summed E-state index contributed by atoms with van der Waals surface area (Å²) in [4.78, 5) is 0. The second-order valence-corrected chi connectivity index (χ2v) is 5.64. The van der Waals surface area contributed by atoms with Gasteiger partial charge in [-0.15, -0.1) is 0 Å². The van der Waals surface area contributed by atoms with E-state index in [9.17, 15) is 0 Å². The number of nitrogens with two attached hydrogens (primary N) is 1. The van der Waals surface area contributed by atoms with Crippen LogP contribution in [0.15, 0.2) is 28.7 Å². The molecule has 1 aliphatic carbocycles. The van der Waals surface area contributed by atoms with Crippen molar-refractivity contribution in [2.24, 2.45) is 5.73 Å². The normalized spacial score (nSPS) is 19.9. The molecule has 1 fully saturated rings. The number of rotatable bonds is 4. The SMILES string of the molecule is CCC(CC1(N)CC1)c1ccc(Br)cc1. The molecule has 15 heavy (non-hydrogen) atoms. The van der Waals surface area contributed by atoms with Crippen molar-refractivity contribution in [3.05, 3.63) is 34.3 Å². The standard InChI is InChI=1S/C13H18BrN/c1-2-10(9-13(15)7-8-13)11-3-5-12(14)6-4-11/h3-6,10H,2,7-9,15H2,1H3. The van der Waals surface area contributed by atoms with Gasteiger partial charge in [-0.3, -0.25) is 0 Å². The fourth-order valence-corrected chi connectivity index (χ4v) is 2.35. The third kappa shape index (κ3) is 2.82. The highest BCUT2D eigenvalue weighted by Crippen LogP contribution is 2.42. The first kappa shape index (κ1) is 11.2. The van der Waals surface area contributed by atoms with Crippen molar-refractivity contribution in [2.75, 3.05) is 0 Å². The lowest BCUT2D eigenvalue weighted by Crippen LogP contribution is -2.24. The predicted octanol–water partition coefficient (Wildman–Crippen LogP) is 3.82. The molecule has 0 radical (unpaired) electrons. The third-order valence-corrected chi connectivity index (χ3v) is 3.91. The highest BCUT2D eigenvalue weighted by atomic mass is 79.9. The Hall–Kier alpha value is -0.340. The van der Waals surface area contributed by atoms with E-state index in [4.69, 9.17) is 5.73 Å². The highest BCUT2D eigenvalue weighted by molar-refractivity contribution is 9.10. The molecule has 1 aromatic rings. The lowest BCUT2D eigenvalue weighted by Gasteiger charge is -2.19. The molecule has 1 saturated carbocycles. The van der Waals surface area contributed by atoms with Crippen LogP contribution >= 0.6 is 15.9 Å². The molecule has 1 aliphatic rings. The molecule has 0 bridgehead atoms. The van der Waals surface area contributed by atoms with E-state index in [0.29, 0.717) is 5.92 Å². The Bertz CT molecular complexity index is 327. The minimum Gasteiger partial charge on any atom is -0.325 e. The summed E-state index contributed by atoms with van der Waals surface area (Å²) >= 11 is 3.47. The van der Waals surface area contributed by atoms with Crippen LogP contribution in [0.1, 0.15) is 44.1 Å². The molecule has 1 atom stereocenters. The summed E-state index contributed by atoms with van der Waals surface area (Å²) in [6, 6.07) is 8.66. The minimum absolute atomic E-state index is 0.160. The largest absolute Gasteiger partial charge is 0.325 e. The summed E-state index contributed by atoms with van der Waals surface area (Å²) in [7, 11) is 0. The fraction of sp³-hybridized carbons (Fsp3) is 0.538. The third-order valence-electron chi connectivity index (χ3n) is 3.38. The quantitative estimate of drug-likeness (QED) is 0.882. The zero-order valence-electron chi connectivity index (χ0n) is 9.17. The highest BCUT2D eigenvalue weighted by Gasteiger charge is 2.39. The van der Waals surface area contributed by atoms with Gasteiger partial charge in [-0.2, -0.15) is 0 Å². The molecule has 0 aliphatic heterocycles. The summed E-state index contributed by atoms with van der Waals surface area (Å²) in [6.07, 6.45) is 4.74. The van der Waals surface area contributed by atoms with E-state index in [1.165, 1.54) is 24.8 Å². The van der Waals surface area contributed by atoms with Gasteiger partial charge in [0.1, 0.15) is 0 Å². The maximum atomic E-state index is 6.18. The van der Waals surface area contributed by atoms with Crippen LogP contribution in [0.4, 0.5) is 0 Å². The molecule has 1 unspecified atom stereocenters. The Morgan fingerprint density at radius 3 is 2.40 bits per heavy atom. The van der Waals surface area contributed by atoms with Crippen LogP contribution in [0.5, 0.6) is 0 Å². The van der Waals surface area contributed by atoms with Crippen molar-refractivity contribution in [2.45, 2.75) is 44.1 Å². The topological polar surface area (TPSA) is 26.0 Å². The molecule has 0 saturated heterocycles. The summed E-state index contributed by atoms with van der Waals surface area (Å²) in [5.41, 5.74) is 7.77. The first-order chi connectivity index (χ1) is 7.13. The average molecular weight is 268 g/mol. The van der Waals surface area contributed by atoms with E-state index in [0.717, 1.165) is 10.9 Å². The molecule has 2 rings (SSSR count).